The van der Waals surface area contributed by atoms with Gasteiger partial charge in [0.2, 0.25) is 0 Å². The van der Waals surface area contributed by atoms with Crippen molar-refractivity contribution in [2.75, 3.05) is 19.7 Å². The van der Waals surface area contributed by atoms with Gasteiger partial charge in [0.25, 0.3) is 0 Å². The largest absolute Gasteiger partial charge is 0.463 e. The molecule has 1 aliphatic heterocycles. The van der Waals surface area contributed by atoms with Gasteiger partial charge in [-0.05, 0) is 30.0 Å². The Bertz CT molecular complexity index is 707. The molecule has 0 unspecified atom stereocenters. The minimum atomic E-state index is -0.186. The van der Waals surface area contributed by atoms with Crippen molar-refractivity contribution in [2.24, 2.45) is 0 Å². The van der Waals surface area contributed by atoms with Gasteiger partial charge in [0.15, 0.2) is 0 Å². The lowest BCUT2D eigenvalue weighted by atomic mass is 9.93. The molecule has 0 N–H and O–H groups in total. The van der Waals surface area contributed by atoms with E-state index in [9.17, 15) is 4.79 Å². The summed E-state index contributed by atoms with van der Waals surface area (Å²) in [6.07, 6.45) is 0.866. The van der Waals surface area contributed by atoms with Crippen molar-refractivity contribution >= 4 is 11.5 Å². The first-order valence-electron chi connectivity index (χ1n) is 8.48. The molecule has 24 heavy (non-hydrogen) atoms. The zero-order chi connectivity index (χ0) is 16.8. The Hall–Kier alpha value is -2.39. The summed E-state index contributed by atoms with van der Waals surface area (Å²) < 4.78 is 5.31. The molecule has 0 aliphatic carbocycles. The Morgan fingerprint density at radius 1 is 1.04 bits per heavy atom. The molecule has 1 aliphatic rings. The molecule has 0 spiro atoms. The maximum absolute atomic E-state index is 12.5. The molecule has 3 rings (SSSR count). The number of ether oxygens (including phenoxy) is 1. The van der Waals surface area contributed by atoms with Gasteiger partial charge in [-0.15, -0.1) is 0 Å². The van der Waals surface area contributed by atoms with Crippen molar-refractivity contribution in [1.29, 1.82) is 0 Å². The van der Waals surface area contributed by atoms with E-state index in [2.05, 4.69) is 41.3 Å². The molecule has 3 heteroatoms. The van der Waals surface area contributed by atoms with Crippen molar-refractivity contribution in [3.8, 4) is 0 Å². The molecule has 0 saturated carbocycles. The van der Waals surface area contributed by atoms with E-state index in [1.807, 2.05) is 31.2 Å². The van der Waals surface area contributed by atoms with Crippen LogP contribution in [0.4, 0.5) is 0 Å². The van der Waals surface area contributed by atoms with Gasteiger partial charge >= 0.3 is 5.97 Å². The number of hydrogen-bond donors (Lipinski definition) is 0. The van der Waals surface area contributed by atoms with Crippen molar-refractivity contribution in [3.05, 3.63) is 77.4 Å². The minimum Gasteiger partial charge on any atom is -0.463 e. The molecule has 1 heterocycles. The predicted molar refractivity (Wildman–Crippen MR) is 96.3 cm³/mol. The van der Waals surface area contributed by atoms with Gasteiger partial charge in [0.05, 0.1) is 12.2 Å². The molecule has 0 bridgehead atoms. The summed E-state index contributed by atoms with van der Waals surface area (Å²) in [5.41, 5.74) is 4.31. The van der Waals surface area contributed by atoms with Crippen LogP contribution in [-0.2, 0) is 16.1 Å². The van der Waals surface area contributed by atoms with E-state index >= 15 is 0 Å². The second-order valence-electron chi connectivity index (χ2n) is 5.99. The second-order valence-corrected chi connectivity index (χ2v) is 5.99. The standard InChI is InChI=1S/C21H23NO2/c1-2-24-21(23)20-16-22(15-17-9-5-3-6-10-17)14-13-19(20)18-11-7-4-8-12-18/h3-12H,2,13-16H2,1H3. The fourth-order valence-corrected chi connectivity index (χ4v) is 3.16. The Labute approximate surface area is 143 Å². The van der Waals surface area contributed by atoms with E-state index < -0.39 is 0 Å². The van der Waals surface area contributed by atoms with Crippen LogP contribution in [-0.4, -0.2) is 30.6 Å². The number of esters is 1. The molecular weight excluding hydrogens is 298 g/mol. The normalized spacial score (nSPS) is 15.4. The molecular formula is C21H23NO2. The first-order valence-corrected chi connectivity index (χ1v) is 8.48. The van der Waals surface area contributed by atoms with Crippen LogP contribution in [0.1, 0.15) is 24.5 Å². The number of rotatable bonds is 5. The van der Waals surface area contributed by atoms with Gasteiger partial charge in [-0.1, -0.05) is 60.7 Å². The van der Waals surface area contributed by atoms with Crippen molar-refractivity contribution in [3.63, 3.8) is 0 Å². The summed E-state index contributed by atoms with van der Waals surface area (Å²) in [7, 11) is 0. The van der Waals surface area contributed by atoms with Crippen LogP contribution >= 0.6 is 0 Å². The molecule has 3 nitrogen and oxygen atoms in total. The molecule has 0 amide bonds. The zero-order valence-electron chi connectivity index (χ0n) is 14.1. The lowest BCUT2D eigenvalue weighted by Gasteiger charge is -2.30. The monoisotopic (exact) mass is 321 g/mol. The van der Waals surface area contributed by atoms with Crippen LogP contribution in [0.2, 0.25) is 0 Å². The number of nitrogens with zero attached hydrogens (tertiary/aromatic N) is 1. The highest BCUT2D eigenvalue weighted by molar-refractivity contribution is 5.98. The average molecular weight is 321 g/mol. The van der Waals surface area contributed by atoms with Crippen molar-refractivity contribution in [2.45, 2.75) is 19.9 Å². The smallest absolute Gasteiger partial charge is 0.335 e. The lowest BCUT2D eigenvalue weighted by molar-refractivity contribution is -0.138. The Morgan fingerprint density at radius 3 is 2.38 bits per heavy atom. The average Bonchev–Trinajstić information content (AvgIpc) is 2.63. The molecule has 2 aromatic carbocycles. The summed E-state index contributed by atoms with van der Waals surface area (Å²) in [5.74, 6) is -0.186. The van der Waals surface area contributed by atoms with Crippen LogP contribution in [0.5, 0.6) is 0 Å². The topological polar surface area (TPSA) is 29.5 Å². The van der Waals surface area contributed by atoms with Gasteiger partial charge in [0, 0.05) is 19.6 Å². The summed E-state index contributed by atoms with van der Waals surface area (Å²) in [4.78, 5) is 14.8. The van der Waals surface area contributed by atoms with Crippen molar-refractivity contribution < 1.29 is 9.53 Å². The van der Waals surface area contributed by atoms with E-state index in [1.165, 1.54) is 5.56 Å². The van der Waals surface area contributed by atoms with Crippen molar-refractivity contribution in [1.82, 2.24) is 4.90 Å². The lowest BCUT2D eigenvalue weighted by Crippen LogP contribution is -2.34. The minimum absolute atomic E-state index is 0.186. The van der Waals surface area contributed by atoms with Gasteiger partial charge in [-0.2, -0.15) is 0 Å². The first kappa shape index (κ1) is 16.5. The number of carbonyl (C=O) groups is 1. The highest BCUT2D eigenvalue weighted by Crippen LogP contribution is 2.29. The summed E-state index contributed by atoms with van der Waals surface area (Å²) in [6.45, 7) is 4.69. The molecule has 124 valence electrons. The Balaban J connectivity index is 1.84. The summed E-state index contributed by atoms with van der Waals surface area (Å²) in [6, 6.07) is 20.6. The quantitative estimate of drug-likeness (QED) is 0.782. The Kier molecular flexibility index (Phi) is 5.44. The molecule has 0 aromatic heterocycles. The highest BCUT2D eigenvalue weighted by Gasteiger charge is 2.25. The van der Waals surface area contributed by atoms with Gasteiger partial charge in [-0.3, -0.25) is 4.90 Å². The van der Waals surface area contributed by atoms with Crippen LogP contribution in [0.15, 0.2) is 66.2 Å². The fourth-order valence-electron chi connectivity index (χ4n) is 3.16. The number of benzene rings is 2. The highest BCUT2D eigenvalue weighted by atomic mass is 16.5. The van der Waals surface area contributed by atoms with Gasteiger partial charge in [-0.25, -0.2) is 4.79 Å². The van der Waals surface area contributed by atoms with Crippen LogP contribution in [0.3, 0.4) is 0 Å². The third-order valence-corrected chi connectivity index (χ3v) is 4.32. The van der Waals surface area contributed by atoms with E-state index in [1.54, 1.807) is 0 Å². The SMILES string of the molecule is CCOC(=O)C1=C(c2ccccc2)CCN(Cc2ccccc2)C1. The fraction of sp³-hybridized carbons (Fsp3) is 0.286. The van der Waals surface area contributed by atoms with Crippen LogP contribution < -0.4 is 0 Å². The summed E-state index contributed by atoms with van der Waals surface area (Å²) in [5, 5.41) is 0. The maximum atomic E-state index is 12.5. The van der Waals surface area contributed by atoms with E-state index in [-0.39, 0.29) is 5.97 Å². The zero-order valence-corrected chi connectivity index (χ0v) is 14.1. The molecule has 0 radical (unpaired) electrons. The molecule has 0 atom stereocenters. The number of hydrogen-bond acceptors (Lipinski definition) is 3. The third kappa shape index (κ3) is 3.92. The van der Waals surface area contributed by atoms with Crippen LogP contribution in [0.25, 0.3) is 5.57 Å². The van der Waals surface area contributed by atoms with Gasteiger partial charge < -0.3 is 4.74 Å². The second kappa shape index (κ2) is 7.93. The van der Waals surface area contributed by atoms with Gasteiger partial charge in [0.1, 0.15) is 0 Å². The maximum Gasteiger partial charge on any atom is 0.335 e. The molecule has 0 saturated heterocycles. The summed E-state index contributed by atoms with van der Waals surface area (Å²) >= 11 is 0. The molecule has 2 aromatic rings. The third-order valence-electron chi connectivity index (χ3n) is 4.32. The van der Waals surface area contributed by atoms with E-state index in [0.29, 0.717) is 13.2 Å². The predicted octanol–water partition coefficient (Wildman–Crippen LogP) is 3.91. The Morgan fingerprint density at radius 2 is 1.71 bits per heavy atom. The molecule has 0 fully saturated rings. The van der Waals surface area contributed by atoms with Crippen LogP contribution in [0, 0.1) is 0 Å². The van der Waals surface area contributed by atoms with E-state index in [0.717, 1.165) is 36.2 Å². The number of carbonyl (C=O) groups excluding carboxylic acids is 1. The first-order chi connectivity index (χ1) is 11.8. The van der Waals surface area contributed by atoms with E-state index in [4.69, 9.17) is 4.74 Å².